The van der Waals surface area contributed by atoms with Crippen molar-refractivity contribution in [3.8, 4) is 61.8 Å². The van der Waals surface area contributed by atoms with Gasteiger partial charge in [0.2, 0.25) is 0 Å². The molecule has 0 N–H and O–H groups in total. The fourth-order valence-electron chi connectivity index (χ4n) is 9.56. The third-order valence-electron chi connectivity index (χ3n) is 12.4. The lowest BCUT2D eigenvalue weighted by molar-refractivity contribution is 0.668. The summed E-state index contributed by atoms with van der Waals surface area (Å²) in [6.45, 7) is 0. The Kier molecular flexibility index (Phi) is 7.84. The van der Waals surface area contributed by atoms with Gasteiger partial charge >= 0.3 is 0 Å². The van der Waals surface area contributed by atoms with Crippen LogP contribution in [-0.2, 0) is 0 Å². The highest BCUT2D eigenvalue weighted by Gasteiger charge is 2.20. The Balaban J connectivity index is 1.03. The van der Waals surface area contributed by atoms with Gasteiger partial charge in [-0.05, 0) is 95.1 Å². The zero-order valence-corrected chi connectivity index (χ0v) is 33.9. The van der Waals surface area contributed by atoms with Crippen molar-refractivity contribution in [2.45, 2.75) is 0 Å². The molecule has 0 aliphatic rings. The molecule has 0 fully saturated rings. The Bertz CT molecular complexity index is 3730. The molecular weight excluding hydrogens is 771 g/mol. The summed E-state index contributed by atoms with van der Waals surface area (Å²) < 4.78 is 15.2. The Morgan fingerprint density at radius 1 is 0.317 bits per heavy atom. The molecule has 0 unspecified atom stereocenters. The van der Waals surface area contributed by atoms with Gasteiger partial charge in [0.15, 0.2) is 5.82 Å². The molecular formula is C58H35N3O2. The van der Waals surface area contributed by atoms with Gasteiger partial charge in [-0.1, -0.05) is 140 Å². The summed E-state index contributed by atoms with van der Waals surface area (Å²) in [5, 5.41) is 6.80. The lowest BCUT2D eigenvalue weighted by Crippen LogP contribution is -1.97. The van der Waals surface area contributed by atoms with Gasteiger partial charge in [-0.2, -0.15) is 0 Å². The van der Waals surface area contributed by atoms with Crippen molar-refractivity contribution in [3.05, 3.63) is 212 Å². The highest BCUT2D eigenvalue weighted by molar-refractivity contribution is 6.15. The van der Waals surface area contributed by atoms with E-state index in [1.807, 2.05) is 42.5 Å². The van der Waals surface area contributed by atoms with Crippen molar-refractivity contribution in [2.75, 3.05) is 0 Å². The monoisotopic (exact) mass is 805 g/mol. The van der Waals surface area contributed by atoms with E-state index < -0.39 is 0 Å². The first-order chi connectivity index (χ1) is 31.2. The van der Waals surface area contributed by atoms with Crippen LogP contribution in [0.15, 0.2) is 221 Å². The number of nitrogens with zero attached hydrogens (tertiary/aromatic N) is 3. The maximum atomic E-state index is 6.41. The first-order valence-electron chi connectivity index (χ1n) is 21.2. The molecule has 294 valence electrons. The second kappa shape index (κ2) is 14.0. The van der Waals surface area contributed by atoms with E-state index in [-0.39, 0.29) is 0 Å². The highest BCUT2D eigenvalue weighted by atomic mass is 16.3. The Hall–Kier alpha value is -8.54. The third kappa shape index (κ3) is 5.71. The fourth-order valence-corrected chi connectivity index (χ4v) is 9.56. The average Bonchev–Trinajstić information content (AvgIpc) is 4.04. The topological polar surface area (TPSA) is 57.0 Å². The number of fused-ring (bicyclic) bond motifs is 9. The van der Waals surface area contributed by atoms with Crippen LogP contribution in [0.2, 0.25) is 0 Å². The summed E-state index contributed by atoms with van der Waals surface area (Å²) in [5.41, 5.74) is 15.7. The summed E-state index contributed by atoms with van der Waals surface area (Å²) in [4.78, 5) is 10.6. The third-order valence-corrected chi connectivity index (χ3v) is 12.4. The van der Waals surface area contributed by atoms with Gasteiger partial charge in [-0.3, -0.25) is 0 Å². The van der Waals surface area contributed by atoms with Crippen LogP contribution in [0.25, 0.3) is 128 Å². The SMILES string of the molecule is c1ccc(-c2nc(-c3ccc(-n4c5ccccc5c5ccccc54)cc3)cc(-c3cc(-c4cccc5oc6ccccc6c45)cc(-c4cccc5oc6ccccc6c45)c3)n2)cc1. The zero-order valence-electron chi connectivity index (χ0n) is 33.9. The molecule has 4 aromatic heterocycles. The summed E-state index contributed by atoms with van der Waals surface area (Å²) in [6, 6.07) is 74.4. The number of rotatable bonds is 6. The second-order valence-corrected chi connectivity index (χ2v) is 16.1. The maximum absolute atomic E-state index is 6.41. The molecule has 5 heteroatoms. The average molecular weight is 806 g/mol. The van der Waals surface area contributed by atoms with E-state index >= 15 is 0 Å². The molecule has 0 radical (unpaired) electrons. The fraction of sp³-hybridized carbons (Fsp3) is 0. The molecule has 0 spiro atoms. The number of hydrogen-bond acceptors (Lipinski definition) is 4. The van der Waals surface area contributed by atoms with Gasteiger partial charge in [0.05, 0.1) is 22.4 Å². The number of aromatic nitrogens is 3. The summed E-state index contributed by atoms with van der Waals surface area (Å²) in [5.74, 6) is 0.660. The second-order valence-electron chi connectivity index (χ2n) is 16.1. The maximum Gasteiger partial charge on any atom is 0.160 e. The van der Waals surface area contributed by atoms with Crippen LogP contribution in [0, 0.1) is 0 Å². The van der Waals surface area contributed by atoms with Gasteiger partial charge in [0.1, 0.15) is 22.3 Å². The standard InChI is InChI=1S/C58H35N3O2/c1-2-14-37(15-3-1)58-59-48(36-28-30-41(31-29-36)61-50-22-8-4-16-44(50)45-17-5-9-23-51(45)61)35-49(60-58)40-33-38(42-20-12-26-54-56(42)46-18-6-10-24-52(46)62-54)32-39(34-40)43-21-13-27-55-57(43)47-19-7-11-25-53(47)63-55/h1-35H. The van der Waals surface area contributed by atoms with Gasteiger partial charge in [0.25, 0.3) is 0 Å². The molecule has 0 atom stereocenters. The van der Waals surface area contributed by atoms with Crippen LogP contribution in [0.3, 0.4) is 0 Å². The quantitative estimate of drug-likeness (QED) is 0.168. The predicted molar refractivity (Wildman–Crippen MR) is 258 cm³/mol. The Morgan fingerprint density at radius 3 is 1.35 bits per heavy atom. The summed E-state index contributed by atoms with van der Waals surface area (Å²) in [6.07, 6.45) is 0. The smallest absolute Gasteiger partial charge is 0.160 e. The van der Waals surface area contributed by atoms with Crippen LogP contribution in [0.4, 0.5) is 0 Å². The molecule has 0 saturated carbocycles. The molecule has 0 bridgehead atoms. The first-order valence-corrected chi connectivity index (χ1v) is 21.2. The molecule has 13 rings (SSSR count). The van der Waals surface area contributed by atoms with Crippen LogP contribution in [0.5, 0.6) is 0 Å². The van der Waals surface area contributed by atoms with Gasteiger partial charge in [-0.25, -0.2) is 9.97 Å². The van der Waals surface area contributed by atoms with E-state index in [9.17, 15) is 0 Å². The molecule has 4 heterocycles. The van der Waals surface area contributed by atoms with Crippen molar-refractivity contribution in [1.29, 1.82) is 0 Å². The van der Waals surface area contributed by atoms with Crippen LogP contribution >= 0.6 is 0 Å². The van der Waals surface area contributed by atoms with E-state index in [2.05, 4.69) is 174 Å². The van der Waals surface area contributed by atoms with Crippen molar-refractivity contribution >= 4 is 65.7 Å². The lowest BCUT2D eigenvalue weighted by atomic mass is 9.91. The van der Waals surface area contributed by atoms with Gasteiger partial charge < -0.3 is 13.4 Å². The number of furan rings is 2. The van der Waals surface area contributed by atoms with Crippen molar-refractivity contribution in [1.82, 2.24) is 14.5 Å². The van der Waals surface area contributed by atoms with E-state index in [0.717, 1.165) is 99.9 Å². The molecule has 0 aliphatic carbocycles. The van der Waals surface area contributed by atoms with Gasteiger partial charge in [-0.15, -0.1) is 0 Å². The first kappa shape index (κ1) is 35.2. The Morgan fingerprint density at radius 2 is 0.778 bits per heavy atom. The number of hydrogen-bond donors (Lipinski definition) is 0. The van der Waals surface area contributed by atoms with Crippen LogP contribution < -0.4 is 0 Å². The Labute approximate surface area is 361 Å². The van der Waals surface area contributed by atoms with E-state index in [1.165, 1.54) is 21.8 Å². The zero-order chi connectivity index (χ0) is 41.4. The van der Waals surface area contributed by atoms with Crippen molar-refractivity contribution in [2.24, 2.45) is 0 Å². The van der Waals surface area contributed by atoms with E-state index in [4.69, 9.17) is 18.8 Å². The predicted octanol–water partition coefficient (Wildman–Crippen LogP) is 15.7. The molecule has 9 aromatic carbocycles. The lowest BCUT2D eigenvalue weighted by Gasteiger charge is -2.14. The molecule has 63 heavy (non-hydrogen) atoms. The summed E-state index contributed by atoms with van der Waals surface area (Å²) >= 11 is 0. The largest absolute Gasteiger partial charge is 0.456 e. The molecule has 5 nitrogen and oxygen atoms in total. The minimum atomic E-state index is 0.660. The summed E-state index contributed by atoms with van der Waals surface area (Å²) in [7, 11) is 0. The minimum absolute atomic E-state index is 0.660. The molecule has 0 amide bonds. The highest BCUT2D eigenvalue weighted by Crippen LogP contribution is 2.43. The van der Waals surface area contributed by atoms with E-state index in [1.54, 1.807) is 0 Å². The van der Waals surface area contributed by atoms with E-state index in [0.29, 0.717) is 5.82 Å². The minimum Gasteiger partial charge on any atom is -0.456 e. The number of benzene rings is 9. The normalized spacial score (nSPS) is 11.8. The van der Waals surface area contributed by atoms with Crippen LogP contribution in [-0.4, -0.2) is 14.5 Å². The molecule has 13 aromatic rings. The molecule has 0 aliphatic heterocycles. The van der Waals surface area contributed by atoms with Crippen molar-refractivity contribution in [3.63, 3.8) is 0 Å². The van der Waals surface area contributed by atoms with Crippen LogP contribution in [0.1, 0.15) is 0 Å². The van der Waals surface area contributed by atoms with Crippen molar-refractivity contribution < 1.29 is 8.83 Å². The van der Waals surface area contributed by atoms with Gasteiger partial charge in [0, 0.05) is 54.7 Å². The number of para-hydroxylation sites is 4. The molecule has 0 saturated heterocycles.